The van der Waals surface area contributed by atoms with E-state index >= 15 is 0 Å². The van der Waals surface area contributed by atoms with Crippen molar-refractivity contribution in [1.82, 2.24) is 0 Å². The van der Waals surface area contributed by atoms with Crippen LogP contribution in [-0.2, 0) is 11.2 Å². The van der Waals surface area contributed by atoms with Crippen LogP contribution in [0, 0.1) is 5.92 Å². The van der Waals surface area contributed by atoms with Gasteiger partial charge in [0, 0.05) is 18.8 Å². The molecule has 0 aliphatic heterocycles. The zero-order valence-corrected chi connectivity index (χ0v) is 8.56. The van der Waals surface area contributed by atoms with Crippen LogP contribution in [0.25, 0.3) is 0 Å². The highest BCUT2D eigenvalue weighted by molar-refractivity contribution is 5.80. The van der Waals surface area contributed by atoms with Crippen LogP contribution in [0.4, 0.5) is 0 Å². The van der Waals surface area contributed by atoms with Crippen LogP contribution in [0.1, 0.15) is 25.8 Å². The molecular formula is C11H16O3. The number of rotatable bonds is 5. The Hall–Kier alpha value is -1.09. The van der Waals surface area contributed by atoms with Crippen molar-refractivity contribution in [1.29, 1.82) is 0 Å². The summed E-state index contributed by atoms with van der Waals surface area (Å²) in [6, 6.07) is 1.80. The quantitative estimate of drug-likeness (QED) is 0.781. The van der Waals surface area contributed by atoms with Crippen LogP contribution < -0.4 is 0 Å². The number of carbonyl (C=O) groups is 1. The van der Waals surface area contributed by atoms with Gasteiger partial charge < -0.3 is 9.52 Å². The first-order chi connectivity index (χ1) is 6.65. The lowest BCUT2D eigenvalue weighted by molar-refractivity contribution is -0.125. The van der Waals surface area contributed by atoms with E-state index in [-0.39, 0.29) is 11.7 Å². The van der Waals surface area contributed by atoms with Gasteiger partial charge in [-0.2, -0.15) is 0 Å². The zero-order chi connectivity index (χ0) is 10.6. The van der Waals surface area contributed by atoms with Crippen molar-refractivity contribution in [2.75, 3.05) is 0 Å². The molecule has 1 rings (SSSR count). The summed E-state index contributed by atoms with van der Waals surface area (Å²) < 4.78 is 4.89. The number of aliphatic hydroxyl groups is 1. The fraction of sp³-hybridized carbons (Fsp3) is 0.545. The minimum absolute atomic E-state index is 0.0981. The van der Waals surface area contributed by atoms with Crippen molar-refractivity contribution in [3.63, 3.8) is 0 Å². The average Bonchev–Trinajstić information content (AvgIpc) is 2.68. The summed E-state index contributed by atoms with van der Waals surface area (Å²) in [6.07, 6.45) is 3.49. The molecule has 0 saturated heterocycles. The standard InChI is InChI=1S/C11H16O3/c1-3-10(12)8(2)11(13)6-9-4-5-14-7-9/h4-5,7-8,11,13H,3,6H2,1-2H3/t8-,11-/m0/s1. The van der Waals surface area contributed by atoms with Gasteiger partial charge >= 0.3 is 0 Å². The number of aliphatic hydroxyl groups excluding tert-OH is 1. The monoisotopic (exact) mass is 196 g/mol. The van der Waals surface area contributed by atoms with Crippen molar-refractivity contribution in [3.05, 3.63) is 24.2 Å². The van der Waals surface area contributed by atoms with Gasteiger partial charge in [-0.25, -0.2) is 0 Å². The van der Waals surface area contributed by atoms with E-state index in [0.717, 1.165) is 5.56 Å². The number of hydrogen-bond acceptors (Lipinski definition) is 3. The first-order valence-electron chi connectivity index (χ1n) is 4.87. The number of carbonyl (C=O) groups excluding carboxylic acids is 1. The van der Waals surface area contributed by atoms with Crippen molar-refractivity contribution < 1.29 is 14.3 Å². The molecule has 0 bridgehead atoms. The lowest BCUT2D eigenvalue weighted by Crippen LogP contribution is -2.26. The fourth-order valence-electron chi connectivity index (χ4n) is 1.36. The second kappa shape index (κ2) is 4.96. The second-order valence-electron chi connectivity index (χ2n) is 3.51. The fourth-order valence-corrected chi connectivity index (χ4v) is 1.36. The molecule has 0 spiro atoms. The van der Waals surface area contributed by atoms with E-state index in [9.17, 15) is 9.90 Å². The SMILES string of the molecule is CCC(=O)[C@H](C)[C@@H](O)Cc1ccoc1. The third-order valence-electron chi connectivity index (χ3n) is 2.46. The zero-order valence-electron chi connectivity index (χ0n) is 8.56. The Morgan fingerprint density at radius 3 is 2.86 bits per heavy atom. The second-order valence-corrected chi connectivity index (χ2v) is 3.51. The molecular weight excluding hydrogens is 180 g/mol. The minimum atomic E-state index is -0.611. The van der Waals surface area contributed by atoms with Crippen molar-refractivity contribution in [2.24, 2.45) is 5.92 Å². The van der Waals surface area contributed by atoms with Crippen LogP contribution in [0.2, 0.25) is 0 Å². The molecule has 1 aromatic heterocycles. The van der Waals surface area contributed by atoms with Gasteiger partial charge in [-0.15, -0.1) is 0 Å². The molecule has 1 heterocycles. The van der Waals surface area contributed by atoms with Gasteiger partial charge in [0.15, 0.2) is 0 Å². The highest BCUT2D eigenvalue weighted by Crippen LogP contribution is 2.13. The average molecular weight is 196 g/mol. The van der Waals surface area contributed by atoms with Crippen LogP contribution in [0.5, 0.6) is 0 Å². The molecule has 0 aliphatic rings. The number of Topliss-reactive ketones (excluding diaryl/α,β-unsaturated/α-hetero) is 1. The molecule has 78 valence electrons. The molecule has 0 saturated carbocycles. The number of furan rings is 1. The molecule has 3 heteroatoms. The molecule has 0 fully saturated rings. The van der Waals surface area contributed by atoms with Crippen molar-refractivity contribution in [2.45, 2.75) is 32.8 Å². The lowest BCUT2D eigenvalue weighted by Gasteiger charge is -2.15. The first-order valence-corrected chi connectivity index (χ1v) is 4.87. The Bertz CT molecular complexity index is 277. The Balaban J connectivity index is 2.49. The largest absolute Gasteiger partial charge is 0.472 e. The van der Waals surface area contributed by atoms with Crippen LogP contribution in [-0.4, -0.2) is 17.0 Å². The van der Waals surface area contributed by atoms with Crippen molar-refractivity contribution in [3.8, 4) is 0 Å². The van der Waals surface area contributed by atoms with Crippen LogP contribution in [0.15, 0.2) is 23.0 Å². The Kier molecular flexibility index (Phi) is 3.89. The lowest BCUT2D eigenvalue weighted by atomic mass is 9.94. The number of ketones is 1. The Morgan fingerprint density at radius 2 is 2.36 bits per heavy atom. The van der Waals surface area contributed by atoms with E-state index in [1.54, 1.807) is 25.5 Å². The summed E-state index contributed by atoms with van der Waals surface area (Å²) in [5, 5.41) is 9.73. The van der Waals surface area contributed by atoms with Crippen LogP contribution in [0.3, 0.4) is 0 Å². The van der Waals surface area contributed by atoms with Gasteiger partial charge in [-0.3, -0.25) is 4.79 Å². The maximum Gasteiger partial charge on any atom is 0.138 e. The van der Waals surface area contributed by atoms with E-state index < -0.39 is 6.10 Å². The van der Waals surface area contributed by atoms with Gasteiger partial charge in [0.1, 0.15) is 5.78 Å². The summed E-state index contributed by atoms with van der Waals surface area (Å²) in [5.41, 5.74) is 0.924. The van der Waals surface area contributed by atoms with E-state index in [1.165, 1.54) is 0 Å². The highest BCUT2D eigenvalue weighted by atomic mass is 16.3. The normalized spacial score (nSPS) is 15.1. The predicted octanol–water partition coefficient (Wildman–Crippen LogP) is 1.80. The van der Waals surface area contributed by atoms with Gasteiger partial charge in [0.05, 0.1) is 18.6 Å². The van der Waals surface area contributed by atoms with Gasteiger partial charge in [-0.1, -0.05) is 13.8 Å². The summed E-state index contributed by atoms with van der Waals surface area (Å²) in [6.45, 7) is 3.57. The molecule has 3 nitrogen and oxygen atoms in total. The summed E-state index contributed by atoms with van der Waals surface area (Å²) in [5.74, 6) is -0.198. The molecule has 0 amide bonds. The third-order valence-corrected chi connectivity index (χ3v) is 2.46. The topological polar surface area (TPSA) is 50.4 Å². The molecule has 0 unspecified atom stereocenters. The molecule has 14 heavy (non-hydrogen) atoms. The van der Waals surface area contributed by atoms with Gasteiger partial charge in [0.25, 0.3) is 0 Å². The van der Waals surface area contributed by atoms with E-state index in [0.29, 0.717) is 12.8 Å². The molecule has 2 atom stereocenters. The predicted molar refractivity (Wildman–Crippen MR) is 52.9 cm³/mol. The maximum absolute atomic E-state index is 11.3. The summed E-state index contributed by atoms with van der Waals surface area (Å²) >= 11 is 0. The maximum atomic E-state index is 11.3. The van der Waals surface area contributed by atoms with Crippen LogP contribution >= 0.6 is 0 Å². The Labute approximate surface area is 83.7 Å². The van der Waals surface area contributed by atoms with E-state index in [2.05, 4.69) is 0 Å². The summed E-state index contributed by atoms with van der Waals surface area (Å²) in [4.78, 5) is 11.3. The third kappa shape index (κ3) is 2.70. The molecule has 0 aromatic carbocycles. The van der Waals surface area contributed by atoms with Crippen molar-refractivity contribution >= 4 is 5.78 Å². The number of hydrogen-bond donors (Lipinski definition) is 1. The summed E-state index contributed by atoms with van der Waals surface area (Å²) in [7, 11) is 0. The molecule has 1 aromatic rings. The smallest absolute Gasteiger partial charge is 0.138 e. The van der Waals surface area contributed by atoms with E-state index in [4.69, 9.17) is 4.42 Å². The minimum Gasteiger partial charge on any atom is -0.472 e. The molecule has 0 radical (unpaired) electrons. The Morgan fingerprint density at radius 1 is 1.64 bits per heavy atom. The van der Waals surface area contributed by atoms with Gasteiger partial charge in [0.2, 0.25) is 0 Å². The highest BCUT2D eigenvalue weighted by Gasteiger charge is 2.20. The van der Waals surface area contributed by atoms with E-state index in [1.807, 2.05) is 6.92 Å². The first kappa shape index (κ1) is 11.0. The molecule has 0 aliphatic carbocycles. The molecule has 1 N–H and O–H groups in total. The van der Waals surface area contributed by atoms with Gasteiger partial charge in [-0.05, 0) is 11.6 Å².